The third-order valence-corrected chi connectivity index (χ3v) is 8.98. The highest BCUT2D eigenvalue weighted by Crippen LogP contribution is 2.51. The number of aromatic nitrogens is 2. The molecule has 3 heterocycles. The molecule has 1 unspecified atom stereocenters. The Morgan fingerprint density at radius 2 is 1.79 bits per heavy atom. The van der Waals surface area contributed by atoms with E-state index in [0.29, 0.717) is 51.3 Å². The number of fused-ring (bicyclic) bond motifs is 1. The number of aryl methyl sites for hydroxylation is 1. The maximum absolute atomic E-state index is 13.3. The zero-order valence-electron chi connectivity index (χ0n) is 21.8. The number of amides is 1. The van der Waals surface area contributed by atoms with E-state index in [0.717, 1.165) is 36.8 Å². The van der Waals surface area contributed by atoms with Gasteiger partial charge in [0.25, 0.3) is 5.56 Å². The molecule has 6 rings (SSSR count). The summed E-state index contributed by atoms with van der Waals surface area (Å²) in [6.07, 6.45) is 6.97. The second-order valence-corrected chi connectivity index (χ2v) is 11.3. The molecule has 3 aliphatic rings. The molecule has 7 heteroatoms. The number of piperidine rings is 1. The van der Waals surface area contributed by atoms with Crippen LogP contribution in [0.5, 0.6) is 0 Å². The monoisotopic (exact) mass is 513 g/mol. The Bertz CT molecular complexity index is 1380. The van der Waals surface area contributed by atoms with Crippen LogP contribution in [-0.2, 0) is 35.7 Å². The van der Waals surface area contributed by atoms with E-state index in [4.69, 9.17) is 4.74 Å². The fraction of sp³-hybridized carbons (Fsp3) is 0.452. The summed E-state index contributed by atoms with van der Waals surface area (Å²) in [4.78, 5) is 32.8. The summed E-state index contributed by atoms with van der Waals surface area (Å²) in [5, 5.41) is 12.0. The van der Waals surface area contributed by atoms with Crippen LogP contribution in [0.25, 0.3) is 11.3 Å². The van der Waals surface area contributed by atoms with E-state index in [1.165, 1.54) is 11.1 Å². The van der Waals surface area contributed by atoms with E-state index in [1.807, 2.05) is 35.2 Å². The van der Waals surface area contributed by atoms with Crippen molar-refractivity contribution in [1.82, 2.24) is 14.5 Å². The fourth-order valence-corrected chi connectivity index (χ4v) is 6.70. The Balaban J connectivity index is 1.15. The SMILES string of the molecule is O=C(CCc1ccc2c(c1)COC2)N1CCC(O)(Cn2cnc(-c3ccccc3)cc2=O)C2(CCCC2)C1. The normalized spacial score (nSPS) is 22.1. The van der Waals surface area contributed by atoms with E-state index in [9.17, 15) is 14.7 Å². The van der Waals surface area contributed by atoms with Crippen LogP contribution in [0.2, 0.25) is 0 Å². The number of rotatable bonds is 6. The molecular formula is C31H35N3O4. The van der Waals surface area contributed by atoms with Gasteiger partial charge in [-0.2, -0.15) is 0 Å². The average Bonchev–Trinajstić information content (AvgIpc) is 3.61. The molecule has 1 atom stereocenters. The molecule has 1 saturated carbocycles. The quantitative estimate of drug-likeness (QED) is 0.537. The smallest absolute Gasteiger partial charge is 0.253 e. The number of hydrogen-bond donors (Lipinski definition) is 1. The molecule has 1 N–H and O–H groups in total. The summed E-state index contributed by atoms with van der Waals surface area (Å²) in [6.45, 7) is 2.57. The van der Waals surface area contributed by atoms with E-state index in [2.05, 4.69) is 23.2 Å². The Morgan fingerprint density at radius 1 is 1.00 bits per heavy atom. The first-order valence-corrected chi connectivity index (χ1v) is 13.8. The molecule has 38 heavy (non-hydrogen) atoms. The van der Waals surface area contributed by atoms with Crippen LogP contribution < -0.4 is 5.56 Å². The molecule has 0 radical (unpaired) electrons. The lowest BCUT2D eigenvalue weighted by Crippen LogP contribution is -2.62. The number of hydrogen-bond acceptors (Lipinski definition) is 5. The van der Waals surface area contributed by atoms with Crippen molar-refractivity contribution in [1.29, 1.82) is 0 Å². The minimum atomic E-state index is -1.06. The molecule has 2 aliphatic heterocycles. The van der Waals surface area contributed by atoms with Crippen molar-refractivity contribution < 1.29 is 14.6 Å². The second-order valence-electron chi connectivity index (χ2n) is 11.3. The predicted molar refractivity (Wildman–Crippen MR) is 144 cm³/mol. The molecule has 1 aliphatic carbocycles. The molecular weight excluding hydrogens is 478 g/mol. The molecule has 7 nitrogen and oxygen atoms in total. The molecule has 1 spiro atoms. The van der Waals surface area contributed by atoms with E-state index >= 15 is 0 Å². The van der Waals surface area contributed by atoms with Crippen LogP contribution in [0.1, 0.15) is 55.2 Å². The summed E-state index contributed by atoms with van der Waals surface area (Å²) in [7, 11) is 0. The maximum Gasteiger partial charge on any atom is 0.253 e. The standard InChI is InChI=1S/C31H35N3O4/c35-28(11-9-23-8-10-25-18-38-19-26(25)16-23)33-15-14-31(37,30(20-33)12-4-5-13-30)21-34-22-32-27(17-29(34)36)24-6-2-1-3-7-24/h1-3,6-8,10,16-17,22,37H,4-5,9,11-15,18-21H2. The van der Waals surface area contributed by atoms with Crippen LogP contribution in [0.15, 0.2) is 65.7 Å². The highest BCUT2D eigenvalue weighted by atomic mass is 16.5. The van der Waals surface area contributed by atoms with Gasteiger partial charge in [0.05, 0.1) is 37.4 Å². The summed E-state index contributed by atoms with van der Waals surface area (Å²) < 4.78 is 7.06. The van der Waals surface area contributed by atoms with Crippen molar-refractivity contribution in [2.75, 3.05) is 13.1 Å². The van der Waals surface area contributed by atoms with Crippen molar-refractivity contribution in [2.24, 2.45) is 5.41 Å². The predicted octanol–water partition coefficient (Wildman–Crippen LogP) is 4.10. The van der Waals surface area contributed by atoms with Crippen LogP contribution >= 0.6 is 0 Å². The first-order chi connectivity index (χ1) is 18.4. The van der Waals surface area contributed by atoms with E-state index in [-0.39, 0.29) is 18.0 Å². The van der Waals surface area contributed by atoms with Crippen molar-refractivity contribution in [3.8, 4) is 11.3 Å². The van der Waals surface area contributed by atoms with Gasteiger partial charge in [-0.05, 0) is 42.4 Å². The molecule has 0 bridgehead atoms. The third kappa shape index (κ3) is 4.69. The number of likely N-dealkylation sites (tertiary alicyclic amines) is 1. The Morgan fingerprint density at radius 3 is 2.58 bits per heavy atom. The van der Waals surface area contributed by atoms with Gasteiger partial charge in [0.15, 0.2) is 0 Å². The molecule has 3 aromatic rings. The lowest BCUT2D eigenvalue weighted by molar-refractivity contribution is -0.160. The first-order valence-electron chi connectivity index (χ1n) is 13.8. The lowest BCUT2D eigenvalue weighted by atomic mass is 9.65. The van der Waals surface area contributed by atoms with Crippen molar-refractivity contribution in [2.45, 2.75) is 70.3 Å². The van der Waals surface area contributed by atoms with E-state index < -0.39 is 11.0 Å². The summed E-state index contributed by atoms with van der Waals surface area (Å²) in [5.74, 6) is 0.140. The van der Waals surface area contributed by atoms with Gasteiger partial charge in [0, 0.05) is 36.6 Å². The molecule has 2 fully saturated rings. The minimum Gasteiger partial charge on any atom is -0.387 e. The second kappa shape index (κ2) is 10.1. The molecule has 2 aromatic carbocycles. The zero-order valence-corrected chi connectivity index (χ0v) is 21.8. The van der Waals surface area contributed by atoms with Crippen LogP contribution in [0, 0.1) is 5.41 Å². The van der Waals surface area contributed by atoms with Gasteiger partial charge in [-0.1, -0.05) is 61.4 Å². The zero-order chi connectivity index (χ0) is 26.2. The lowest BCUT2D eigenvalue weighted by Gasteiger charge is -2.52. The minimum absolute atomic E-state index is 0.140. The van der Waals surface area contributed by atoms with Crippen molar-refractivity contribution >= 4 is 5.91 Å². The number of ether oxygens (including phenoxy) is 1. The van der Waals surface area contributed by atoms with Gasteiger partial charge < -0.3 is 14.7 Å². The van der Waals surface area contributed by atoms with Gasteiger partial charge in [0.1, 0.15) is 0 Å². The van der Waals surface area contributed by atoms with Gasteiger partial charge in [0.2, 0.25) is 5.91 Å². The number of aliphatic hydroxyl groups is 1. The van der Waals surface area contributed by atoms with Gasteiger partial charge in [-0.15, -0.1) is 0 Å². The first kappa shape index (κ1) is 25.0. The van der Waals surface area contributed by atoms with Crippen LogP contribution in [0.3, 0.4) is 0 Å². The van der Waals surface area contributed by atoms with Crippen LogP contribution in [-0.4, -0.2) is 44.2 Å². The fourth-order valence-electron chi connectivity index (χ4n) is 6.70. The Labute approximate surface area is 223 Å². The molecule has 1 aromatic heterocycles. The van der Waals surface area contributed by atoms with E-state index in [1.54, 1.807) is 17.0 Å². The van der Waals surface area contributed by atoms with Crippen LogP contribution in [0.4, 0.5) is 0 Å². The maximum atomic E-state index is 13.3. The Hall–Kier alpha value is -3.29. The highest BCUT2D eigenvalue weighted by molar-refractivity contribution is 5.76. The van der Waals surface area contributed by atoms with Gasteiger partial charge >= 0.3 is 0 Å². The number of carbonyl (C=O) groups excluding carboxylic acids is 1. The average molecular weight is 514 g/mol. The summed E-state index contributed by atoms with van der Waals surface area (Å²) >= 11 is 0. The summed E-state index contributed by atoms with van der Waals surface area (Å²) in [6, 6.07) is 17.6. The van der Waals surface area contributed by atoms with Crippen molar-refractivity contribution in [3.05, 3.63) is 88.0 Å². The van der Waals surface area contributed by atoms with Gasteiger partial charge in [-0.3, -0.25) is 14.2 Å². The molecule has 1 saturated heterocycles. The largest absolute Gasteiger partial charge is 0.387 e. The third-order valence-electron chi connectivity index (χ3n) is 8.98. The topological polar surface area (TPSA) is 84.7 Å². The summed E-state index contributed by atoms with van der Waals surface area (Å²) in [5.41, 5.74) is 3.53. The molecule has 1 amide bonds. The highest BCUT2D eigenvalue weighted by Gasteiger charge is 2.55. The number of nitrogens with zero attached hydrogens (tertiary/aromatic N) is 3. The van der Waals surface area contributed by atoms with Crippen molar-refractivity contribution in [3.63, 3.8) is 0 Å². The Kier molecular flexibility index (Phi) is 6.66. The molecule has 198 valence electrons. The van der Waals surface area contributed by atoms with Gasteiger partial charge in [-0.25, -0.2) is 4.98 Å². The number of benzene rings is 2. The number of carbonyl (C=O) groups is 1.